The Morgan fingerprint density at radius 3 is 1.73 bits per heavy atom. The van der Waals surface area contributed by atoms with E-state index in [0.717, 1.165) is 50.9 Å². The van der Waals surface area contributed by atoms with Gasteiger partial charge in [-0.25, -0.2) is 0 Å². The van der Waals surface area contributed by atoms with Gasteiger partial charge in [-0.3, -0.25) is 0 Å². The molecule has 3 nitrogen and oxygen atoms in total. The van der Waals surface area contributed by atoms with Crippen molar-refractivity contribution >= 4 is 49.6 Å². The number of anilines is 3. The fourth-order valence-corrected chi connectivity index (χ4v) is 8.38. The number of rotatable bonds is 6. The van der Waals surface area contributed by atoms with E-state index < -0.39 is 0 Å². The molecule has 0 saturated heterocycles. The van der Waals surface area contributed by atoms with Gasteiger partial charge in [0, 0.05) is 44.5 Å². The minimum absolute atomic E-state index is 0.885. The van der Waals surface area contributed by atoms with Crippen molar-refractivity contribution in [3.05, 3.63) is 206 Å². The van der Waals surface area contributed by atoms with Gasteiger partial charge in [-0.1, -0.05) is 127 Å². The van der Waals surface area contributed by atoms with Gasteiger partial charge >= 0.3 is 0 Å². The van der Waals surface area contributed by atoms with E-state index in [1.54, 1.807) is 0 Å². The standard InChI is InChI=1S/C52H34N2O/c1-3-11-35(12-4-1)36-21-26-41(27-22-36)53(43-30-32-49-47(34-43)44-17-7-8-19-48(44)54(49)40-15-5-2-6-16-40)42-28-23-37(24-29-42)39-25-31-45-46-18-9-13-38-14-10-20-50(52(38)46)55-51(45)33-39/h1-34H. The van der Waals surface area contributed by atoms with Gasteiger partial charge in [0.05, 0.1) is 11.0 Å². The van der Waals surface area contributed by atoms with Crippen LogP contribution >= 0.6 is 0 Å². The van der Waals surface area contributed by atoms with Crippen LogP contribution in [0, 0.1) is 0 Å². The molecule has 0 fully saturated rings. The molecule has 0 radical (unpaired) electrons. The Bertz CT molecular complexity index is 3030. The summed E-state index contributed by atoms with van der Waals surface area (Å²) < 4.78 is 8.88. The van der Waals surface area contributed by atoms with Crippen molar-refractivity contribution in [1.29, 1.82) is 0 Å². The van der Waals surface area contributed by atoms with Crippen LogP contribution in [-0.4, -0.2) is 4.57 Å². The molecule has 55 heavy (non-hydrogen) atoms. The largest absolute Gasteiger partial charge is 0.456 e. The zero-order valence-corrected chi connectivity index (χ0v) is 29.9. The van der Waals surface area contributed by atoms with Crippen molar-refractivity contribution in [2.45, 2.75) is 0 Å². The summed E-state index contributed by atoms with van der Waals surface area (Å²) in [5, 5.41) is 4.81. The van der Waals surface area contributed by atoms with E-state index in [-0.39, 0.29) is 0 Å². The fraction of sp³-hybridized carbons (Fsp3) is 0. The summed E-state index contributed by atoms with van der Waals surface area (Å²) in [6.07, 6.45) is 0. The molecule has 1 aliphatic heterocycles. The number of hydrogen-bond acceptors (Lipinski definition) is 2. The Hall–Kier alpha value is -7.36. The van der Waals surface area contributed by atoms with Gasteiger partial charge in [0.2, 0.25) is 0 Å². The maximum atomic E-state index is 6.52. The zero-order chi connectivity index (χ0) is 36.3. The lowest BCUT2D eigenvalue weighted by atomic mass is 9.93. The molecule has 0 saturated carbocycles. The summed E-state index contributed by atoms with van der Waals surface area (Å²) in [4.78, 5) is 2.36. The molecular formula is C52H34N2O. The third kappa shape index (κ3) is 5.20. The fourth-order valence-electron chi connectivity index (χ4n) is 8.38. The van der Waals surface area contributed by atoms with Gasteiger partial charge in [-0.05, 0) is 112 Å². The molecule has 0 amide bonds. The second-order valence-electron chi connectivity index (χ2n) is 14.2. The van der Waals surface area contributed by atoms with Crippen LogP contribution < -0.4 is 9.64 Å². The number of ether oxygens (including phenoxy) is 1. The second kappa shape index (κ2) is 12.6. The maximum absolute atomic E-state index is 6.52. The number of fused-ring (bicyclic) bond motifs is 5. The van der Waals surface area contributed by atoms with Gasteiger partial charge in [0.15, 0.2) is 0 Å². The monoisotopic (exact) mass is 702 g/mol. The highest BCUT2D eigenvalue weighted by Gasteiger charge is 2.21. The molecule has 0 bridgehead atoms. The van der Waals surface area contributed by atoms with Crippen LogP contribution in [-0.2, 0) is 0 Å². The maximum Gasteiger partial charge on any atom is 0.135 e. The first kappa shape index (κ1) is 31.2. The normalized spacial score (nSPS) is 11.8. The zero-order valence-electron chi connectivity index (χ0n) is 29.9. The molecule has 258 valence electrons. The molecule has 0 aliphatic carbocycles. The first-order valence-corrected chi connectivity index (χ1v) is 18.8. The average molecular weight is 703 g/mol. The molecule has 11 rings (SSSR count). The van der Waals surface area contributed by atoms with Crippen molar-refractivity contribution < 1.29 is 4.74 Å². The van der Waals surface area contributed by atoms with Crippen LogP contribution in [0.4, 0.5) is 17.1 Å². The number of para-hydroxylation sites is 2. The molecular weight excluding hydrogens is 669 g/mol. The van der Waals surface area contributed by atoms with E-state index in [4.69, 9.17) is 4.74 Å². The van der Waals surface area contributed by atoms with Gasteiger partial charge in [-0.15, -0.1) is 0 Å². The van der Waals surface area contributed by atoms with Crippen molar-refractivity contribution in [2.75, 3.05) is 4.90 Å². The van der Waals surface area contributed by atoms with Crippen molar-refractivity contribution in [2.24, 2.45) is 0 Å². The predicted molar refractivity (Wildman–Crippen MR) is 229 cm³/mol. The minimum Gasteiger partial charge on any atom is -0.456 e. The molecule has 10 aromatic rings. The lowest BCUT2D eigenvalue weighted by Gasteiger charge is -2.26. The van der Waals surface area contributed by atoms with Crippen LogP contribution in [0.15, 0.2) is 206 Å². The quantitative estimate of drug-likeness (QED) is 0.172. The van der Waals surface area contributed by atoms with E-state index in [2.05, 4.69) is 216 Å². The Balaban J connectivity index is 1.02. The SMILES string of the molecule is c1ccc(-c2ccc(N(c3ccc(-c4ccc5c(c4)Oc4cccc6cccc-5c46)cc3)c3ccc4c(c3)c3ccccc3n4-c3ccccc3)cc2)cc1. The summed E-state index contributed by atoms with van der Waals surface area (Å²) in [6.45, 7) is 0. The first-order chi connectivity index (χ1) is 27.3. The number of aromatic nitrogens is 1. The van der Waals surface area contributed by atoms with Gasteiger partial charge in [-0.2, -0.15) is 0 Å². The summed E-state index contributed by atoms with van der Waals surface area (Å²) in [5.41, 5.74) is 13.8. The van der Waals surface area contributed by atoms with Crippen LogP contribution in [0.3, 0.4) is 0 Å². The molecule has 1 aliphatic rings. The van der Waals surface area contributed by atoms with Crippen LogP contribution in [0.1, 0.15) is 0 Å². The van der Waals surface area contributed by atoms with Gasteiger partial charge in [0.1, 0.15) is 11.5 Å². The Morgan fingerprint density at radius 2 is 0.964 bits per heavy atom. The smallest absolute Gasteiger partial charge is 0.135 e. The average Bonchev–Trinajstić information content (AvgIpc) is 3.59. The molecule has 0 spiro atoms. The van der Waals surface area contributed by atoms with E-state index in [1.165, 1.54) is 49.3 Å². The first-order valence-electron chi connectivity index (χ1n) is 18.8. The molecule has 9 aromatic carbocycles. The molecule has 2 heterocycles. The van der Waals surface area contributed by atoms with E-state index in [0.29, 0.717) is 0 Å². The predicted octanol–water partition coefficient (Wildman–Crippen LogP) is 14.5. The molecule has 3 heteroatoms. The molecule has 0 N–H and O–H groups in total. The third-order valence-corrected chi connectivity index (χ3v) is 11.0. The highest BCUT2D eigenvalue weighted by atomic mass is 16.5. The van der Waals surface area contributed by atoms with Gasteiger partial charge < -0.3 is 14.2 Å². The number of nitrogens with zero attached hydrogens (tertiary/aromatic N) is 2. The lowest BCUT2D eigenvalue weighted by molar-refractivity contribution is 0.487. The topological polar surface area (TPSA) is 17.4 Å². The highest BCUT2D eigenvalue weighted by molar-refractivity contribution is 6.11. The van der Waals surface area contributed by atoms with Crippen molar-refractivity contribution in [3.63, 3.8) is 0 Å². The molecule has 1 aromatic heterocycles. The van der Waals surface area contributed by atoms with Crippen molar-refractivity contribution in [1.82, 2.24) is 4.57 Å². The number of benzene rings is 9. The number of hydrogen-bond donors (Lipinski definition) is 0. The molecule has 0 unspecified atom stereocenters. The van der Waals surface area contributed by atoms with Crippen LogP contribution in [0.25, 0.3) is 71.6 Å². The van der Waals surface area contributed by atoms with E-state index in [9.17, 15) is 0 Å². The lowest BCUT2D eigenvalue weighted by Crippen LogP contribution is -2.10. The van der Waals surface area contributed by atoms with Crippen LogP contribution in [0.2, 0.25) is 0 Å². The molecule has 0 atom stereocenters. The third-order valence-electron chi connectivity index (χ3n) is 11.0. The summed E-state index contributed by atoms with van der Waals surface area (Å²) in [7, 11) is 0. The minimum atomic E-state index is 0.885. The highest BCUT2D eigenvalue weighted by Crippen LogP contribution is 2.48. The van der Waals surface area contributed by atoms with Crippen LogP contribution in [0.5, 0.6) is 11.5 Å². The Labute approximate surface area is 319 Å². The summed E-state index contributed by atoms with van der Waals surface area (Å²) in [5.74, 6) is 1.79. The van der Waals surface area contributed by atoms with Gasteiger partial charge in [0.25, 0.3) is 0 Å². The summed E-state index contributed by atoms with van der Waals surface area (Å²) in [6, 6.07) is 73.9. The Morgan fingerprint density at radius 1 is 0.364 bits per heavy atom. The van der Waals surface area contributed by atoms with Crippen molar-refractivity contribution in [3.8, 4) is 50.6 Å². The van der Waals surface area contributed by atoms with E-state index >= 15 is 0 Å². The summed E-state index contributed by atoms with van der Waals surface area (Å²) >= 11 is 0. The Kier molecular flexibility index (Phi) is 7.17. The second-order valence-corrected chi connectivity index (χ2v) is 14.2. The van der Waals surface area contributed by atoms with E-state index in [1.807, 2.05) is 0 Å².